The molecule has 0 fully saturated rings. The molecule has 2 aromatic rings. The van der Waals surface area contributed by atoms with Gasteiger partial charge >= 0.3 is 23.5 Å². The number of phosphoric ester groups is 1. The molecule has 42 heavy (non-hydrogen) atoms. The van der Waals surface area contributed by atoms with Crippen LogP contribution in [-0.2, 0) is 36.3 Å². The van der Waals surface area contributed by atoms with E-state index in [2.05, 4.69) is 30.4 Å². The summed E-state index contributed by atoms with van der Waals surface area (Å²) in [5.74, 6) is 5.36. The van der Waals surface area contributed by atoms with Crippen LogP contribution in [0.25, 0.3) is 11.0 Å². The Bertz CT molecular complexity index is 1620. The number of anilines is 1. The number of nitrogens with two attached hydrogens (primary N) is 2. The molecule has 3 heterocycles. The van der Waals surface area contributed by atoms with Gasteiger partial charge in [-0.2, -0.15) is 13.6 Å². The fourth-order valence-electron chi connectivity index (χ4n) is 3.33. The van der Waals surface area contributed by atoms with Crippen LogP contribution in [0.4, 0.5) is 5.95 Å². The zero-order valence-corrected chi connectivity index (χ0v) is 26.5. The summed E-state index contributed by atoms with van der Waals surface area (Å²) in [4.78, 5) is 55.9. The lowest BCUT2D eigenvalue weighted by Gasteiger charge is -2.18. The van der Waals surface area contributed by atoms with Gasteiger partial charge in [0, 0.05) is 10.9 Å². The van der Waals surface area contributed by atoms with Crippen molar-refractivity contribution in [3.8, 4) is 11.8 Å². The van der Waals surface area contributed by atoms with Crippen LogP contribution in [0.2, 0.25) is 0 Å². The first-order chi connectivity index (χ1) is 19.3. The van der Waals surface area contributed by atoms with E-state index in [1.165, 1.54) is 32.4 Å². The first-order valence-electron chi connectivity index (χ1n) is 11.5. The van der Waals surface area contributed by atoms with Gasteiger partial charge in [-0.15, -0.1) is 0 Å². The molecule has 0 radical (unpaired) electrons. The Kier molecular flexibility index (Phi) is 11.1. The Morgan fingerprint density at radius 1 is 1.21 bits per heavy atom. The molecule has 0 aliphatic carbocycles. The highest BCUT2D eigenvalue weighted by molar-refractivity contribution is 8.77. The summed E-state index contributed by atoms with van der Waals surface area (Å²) < 4.78 is 60.1. The van der Waals surface area contributed by atoms with Crippen LogP contribution in [0.5, 0.6) is 0 Å². The number of aromatic amines is 1. The van der Waals surface area contributed by atoms with E-state index < -0.39 is 41.9 Å². The molecule has 0 saturated carbocycles. The van der Waals surface area contributed by atoms with Gasteiger partial charge < -0.3 is 40.5 Å². The maximum atomic E-state index is 12.6. The summed E-state index contributed by atoms with van der Waals surface area (Å²) >= 11 is 0. The molecule has 9 N–H and O–H groups in total. The lowest BCUT2D eigenvalue weighted by molar-refractivity contribution is 0.0635. The maximum absolute atomic E-state index is 12.6. The Hall–Kier alpha value is -1.81. The molecule has 0 amide bonds. The molecule has 1 aliphatic rings. The third kappa shape index (κ3) is 10.1. The predicted octanol–water partition coefficient (Wildman–Crippen LogP) is 2.24. The van der Waals surface area contributed by atoms with Crippen molar-refractivity contribution in [3.05, 3.63) is 33.6 Å². The van der Waals surface area contributed by atoms with Gasteiger partial charge in [-0.1, -0.05) is 54.2 Å². The zero-order chi connectivity index (χ0) is 31.5. The average Bonchev–Trinajstić information content (AvgIpc) is 3.37. The summed E-state index contributed by atoms with van der Waals surface area (Å²) in [5.41, 5.74) is 11.0. The standard InChI is InChI=1S/C19H28N5O13P3S2/c1-19(2,3)42-41-10-33-12-7-14(24-8-11(5-4-6-20)15-16(24)22-18(21)23-17(15)25)35-13(12)9-34-39(29,30)37-40(31,32)36-38(26,27)28/h8,14H,6-7,9-10,20H2,1-3H3,(H,29,30)(H,31,32)(H2,26,27,28)(H3,21,22,23,25). The van der Waals surface area contributed by atoms with Crippen molar-refractivity contribution in [3.63, 3.8) is 0 Å². The van der Waals surface area contributed by atoms with Crippen molar-refractivity contribution in [1.82, 2.24) is 14.5 Å². The van der Waals surface area contributed by atoms with Crippen LogP contribution in [0.15, 0.2) is 22.5 Å². The van der Waals surface area contributed by atoms with Crippen LogP contribution in [0.3, 0.4) is 0 Å². The average molecular weight is 692 g/mol. The third-order valence-electron chi connectivity index (χ3n) is 4.65. The van der Waals surface area contributed by atoms with Crippen LogP contribution < -0.4 is 17.0 Å². The van der Waals surface area contributed by atoms with Gasteiger partial charge in [0.25, 0.3) is 5.56 Å². The number of phosphoric acid groups is 3. The molecule has 2 aromatic heterocycles. The minimum Gasteiger partial charge on any atom is -0.483 e. The van der Waals surface area contributed by atoms with Crippen LogP contribution in [0.1, 0.15) is 39.0 Å². The summed E-state index contributed by atoms with van der Waals surface area (Å²) in [6, 6.07) is 0. The van der Waals surface area contributed by atoms with E-state index in [0.717, 1.165) is 0 Å². The van der Waals surface area contributed by atoms with Crippen molar-refractivity contribution in [1.29, 1.82) is 0 Å². The van der Waals surface area contributed by atoms with Gasteiger partial charge in [0.1, 0.15) is 23.7 Å². The second kappa shape index (κ2) is 13.4. The van der Waals surface area contributed by atoms with Crippen LogP contribution in [0, 0.1) is 11.8 Å². The Balaban J connectivity index is 1.89. The molecule has 1 aliphatic heterocycles. The van der Waals surface area contributed by atoms with Gasteiger partial charge in [0.05, 0.1) is 18.5 Å². The molecule has 18 nitrogen and oxygen atoms in total. The molecule has 3 unspecified atom stereocenters. The number of aromatic nitrogens is 3. The monoisotopic (exact) mass is 691 g/mol. The van der Waals surface area contributed by atoms with Crippen molar-refractivity contribution >= 4 is 62.0 Å². The number of nitrogen functional groups attached to an aromatic ring is 1. The number of H-pyrrole nitrogens is 1. The van der Waals surface area contributed by atoms with Gasteiger partial charge in [-0.05, 0) is 0 Å². The molecular formula is C19H28N5O13P3S2. The van der Waals surface area contributed by atoms with Gasteiger partial charge in [-0.3, -0.25) is 18.9 Å². The second-order valence-corrected chi connectivity index (χ2v) is 16.7. The molecule has 0 bridgehead atoms. The zero-order valence-electron chi connectivity index (χ0n) is 22.2. The largest absolute Gasteiger partial charge is 0.490 e. The third-order valence-corrected chi connectivity index (χ3v) is 11.4. The lowest BCUT2D eigenvalue weighted by atomic mass is 10.2. The molecule has 0 aromatic carbocycles. The Morgan fingerprint density at radius 2 is 1.90 bits per heavy atom. The summed E-state index contributed by atoms with van der Waals surface area (Å²) in [6.07, 6.45) is 0.522. The van der Waals surface area contributed by atoms with E-state index in [9.17, 15) is 28.3 Å². The van der Waals surface area contributed by atoms with Crippen molar-refractivity contribution < 1.29 is 55.9 Å². The number of fused-ring (bicyclic) bond motifs is 1. The highest BCUT2D eigenvalue weighted by Crippen LogP contribution is 2.66. The van der Waals surface area contributed by atoms with Crippen molar-refractivity contribution in [2.24, 2.45) is 5.73 Å². The minimum absolute atomic E-state index is 0.00222. The summed E-state index contributed by atoms with van der Waals surface area (Å²) in [7, 11) is -13.9. The fraction of sp³-hybridized carbons (Fsp3) is 0.474. The molecular weight excluding hydrogens is 663 g/mol. The number of ether oxygens (including phenoxy) is 2. The smallest absolute Gasteiger partial charge is 0.483 e. The van der Waals surface area contributed by atoms with Crippen molar-refractivity contribution in [2.75, 3.05) is 24.8 Å². The first kappa shape index (κ1) is 34.7. The highest BCUT2D eigenvalue weighted by Gasteiger charge is 2.41. The molecule has 0 saturated heterocycles. The molecule has 0 spiro atoms. The quantitative estimate of drug-likeness (QED) is 0.0552. The van der Waals surface area contributed by atoms with E-state index in [4.69, 9.17) is 35.3 Å². The Morgan fingerprint density at radius 3 is 2.52 bits per heavy atom. The second-order valence-electron chi connectivity index (χ2n) is 9.17. The summed E-state index contributed by atoms with van der Waals surface area (Å²) in [5, 5.41) is 0.107. The predicted molar refractivity (Wildman–Crippen MR) is 153 cm³/mol. The minimum atomic E-state index is -5.73. The summed E-state index contributed by atoms with van der Waals surface area (Å²) in [6.45, 7) is 5.14. The maximum Gasteiger partial charge on any atom is 0.490 e. The Labute approximate surface area is 246 Å². The van der Waals surface area contributed by atoms with E-state index >= 15 is 0 Å². The number of hydrogen-bond acceptors (Lipinski definition) is 14. The number of rotatable bonds is 12. The number of nitrogens with zero attached hydrogens (tertiary/aromatic N) is 2. The number of hydrogen-bond donors (Lipinski definition) is 7. The topological polar surface area (TPSA) is 281 Å². The SMILES string of the molecule is CC(C)(C)SSCOC1=C(COP(=O)(O)OP(=O)(O)OP(=O)(O)O)OC(n2cc(C#CCN)c3c(=O)[nH]c(N)nc32)C1. The van der Waals surface area contributed by atoms with Gasteiger partial charge in [-0.25, -0.2) is 13.7 Å². The van der Waals surface area contributed by atoms with E-state index in [1.807, 2.05) is 20.8 Å². The molecule has 3 atom stereocenters. The first-order valence-corrected chi connectivity index (χ1v) is 18.3. The van der Waals surface area contributed by atoms with E-state index in [1.54, 1.807) is 0 Å². The lowest BCUT2D eigenvalue weighted by Crippen LogP contribution is -2.14. The van der Waals surface area contributed by atoms with E-state index in [0.29, 0.717) is 0 Å². The van der Waals surface area contributed by atoms with Crippen LogP contribution in [-0.4, -0.2) is 57.9 Å². The molecule has 234 valence electrons. The van der Waals surface area contributed by atoms with E-state index in [-0.39, 0.29) is 57.7 Å². The van der Waals surface area contributed by atoms with Gasteiger partial charge in [0.15, 0.2) is 17.6 Å². The normalized spacial score (nSPS) is 18.7. The molecule has 23 heteroatoms. The fourth-order valence-corrected chi connectivity index (χ4v) is 8.24. The number of nitrogens with one attached hydrogen (secondary N) is 1. The van der Waals surface area contributed by atoms with Gasteiger partial charge in [0.2, 0.25) is 5.95 Å². The van der Waals surface area contributed by atoms with Crippen molar-refractivity contribution in [2.45, 2.75) is 38.2 Å². The molecule has 3 rings (SSSR count). The highest BCUT2D eigenvalue weighted by atomic mass is 33.1. The van der Waals surface area contributed by atoms with Crippen LogP contribution >= 0.6 is 45.1 Å².